The summed E-state index contributed by atoms with van der Waals surface area (Å²) in [7, 11) is 0. The molecule has 0 atom stereocenters. The highest BCUT2D eigenvalue weighted by molar-refractivity contribution is 9.10. The lowest BCUT2D eigenvalue weighted by molar-refractivity contribution is -0.274. The third-order valence-electron chi connectivity index (χ3n) is 1.60. The van der Waals surface area contributed by atoms with E-state index in [-0.39, 0.29) is 10.2 Å². The second-order valence-electron chi connectivity index (χ2n) is 2.91. The van der Waals surface area contributed by atoms with Gasteiger partial charge in [0, 0.05) is 6.08 Å². The second-order valence-corrected chi connectivity index (χ2v) is 3.76. The van der Waals surface area contributed by atoms with Crippen LogP contribution in [0.1, 0.15) is 5.56 Å². The van der Waals surface area contributed by atoms with Gasteiger partial charge in [0.15, 0.2) is 0 Å². The van der Waals surface area contributed by atoms with Crippen LogP contribution in [0.15, 0.2) is 28.7 Å². The van der Waals surface area contributed by atoms with E-state index in [9.17, 15) is 18.0 Å². The minimum absolute atomic E-state index is 0.0855. The maximum atomic E-state index is 11.9. The van der Waals surface area contributed by atoms with Crippen molar-refractivity contribution in [2.45, 2.75) is 6.36 Å². The molecule has 1 aromatic rings. The third kappa shape index (κ3) is 4.90. The first-order chi connectivity index (χ1) is 7.78. The average Bonchev–Trinajstić information content (AvgIpc) is 2.17. The number of carbonyl (C=O) groups is 1. The Morgan fingerprint density at radius 2 is 2.06 bits per heavy atom. The zero-order valence-corrected chi connectivity index (χ0v) is 9.75. The van der Waals surface area contributed by atoms with Crippen LogP contribution in [0.25, 0.3) is 6.08 Å². The molecule has 1 rings (SSSR count). The van der Waals surface area contributed by atoms with Crippen LogP contribution in [0.5, 0.6) is 5.75 Å². The Bertz CT molecular complexity index is 455. The van der Waals surface area contributed by atoms with Crippen LogP contribution in [-0.4, -0.2) is 17.4 Å². The molecule has 0 aromatic heterocycles. The molecule has 17 heavy (non-hydrogen) atoms. The van der Waals surface area contributed by atoms with Gasteiger partial charge in [-0.05, 0) is 39.7 Å². The fourth-order valence-corrected chi connectivity index (χ4v) is 1.47. The Morgan fingerprint density at radius 3 is 2.53 bits per heavy atom. The van der Waals surface area contributed by atoms with Crippen molar-refractivity contribution in [1.29, 1.82) is 0 Å². The van der Waals surface area contributed by atoms with Crippen molar-refractivity contribution in [3.63, 3.8) is 0 Å². The van der Waals surface area contributed by atoms with E-state index in [2.05, 4.69) is 20.7 Å². The molecule has 1 N–H and O–H groups in total. The third-order valence-corrected chi connectivity index (χ3v) is 2.22. The van der Waals surface area contributed by atoms with Crippen molar-refractivity contribution in [3.8, 4) is 5.75 Å². The summed E-state index contributed by atoms with van der Waals surface area (Å²) in [5.74, 6) is -1.53. The zero-order valence-electron chi connectivity index (χ0n) is 8.16. The molecule has 92 valence electrons. The molecule has 3 nitrogen and oxygen atoms in total. The lowest BCUT2D eigenvalue weighted by atomic mass is 10.2. The van der Waals surface area contributed by atoms with Crippen molar-refractivity contribution >= 4 is 28.0 Å². The summed E-state index contributed by atoms with van der Waals surface area (Å²) in [5, 5.41) is 8.38. The molecule has 0 aliphatic carbocycles. The zero-order chi connectivity index (χ0) is 13.1. The standard InChI is InChI=1S/C10H6BrF3O3/c11-7-5-6(2-4-9(15)16)1-3-8(7)17-10(12,13)14/h1-5H,(H,15,16). The lowest BCUT2D eigenvalue weighted by Crippen LogP contribution is -2.17. The molecule has 0 fully saturated rings. The molecule has 0 heterocycles. The number of carboxylic acid groups (broad SMARTS) is 1. The number of ether oxygens (including phenoxy) is 1. The normalized spacial score (nSPS) is 11.8. The Hall–Kier alpha value is -1.50. The van der Waals surface area contributed by atoms with Crippen LogP contribution >= 0.6 is 15.9 Å². The highest BCUT2D eigenvalue weighted by Crippen LogP contribution is 2.31. The van der Waals surface area contributed by atoms with E-state index in [0.717, 1.165) is 12.1 Å². The minimum Gasteiger partial charge on any atom is -0.478 e. The summed E-state index contributed by atoms with van der Waals surface area (Å²) < 4.78 is 39.6. The average molecular weight is 311 g/mol. The molecule has 0 spiro atoms. The first-order valence-corrected chi connectivity index (χ1v) is 5.03. The SMILES string of the molecule is O=C(O)C=Cc1ccc(OC(F)(F)F)c(Br)c1. The van der Waals surface area contributed by atoms with E-state index >= 15 is 0 Å². The predicted molar refractivity (Wildman–Crippen MR) is 57.5 cm³/mol. The Balaban J connectivity index is 2.90. The van der Waals surface area contributed by atoms with Crippen LogP contribution in [0.3, 0.4) is 0 Å². The number of benzene rings is 1. The number of alkyl halides is 3. The maximum absolute atomic E-state index is 11.9. The highest BCUT2D eigenvalue weighted by atomic mass is 79.9. The number of rotatable bonds is 3. The fraction of sp³-hybridized carbons (Fsp3) is 0.100. The molecule has 0 saturated heterocycles. The summed E-state index contributed by atoms with van der Waals surface area (Å²) in [4.78, 5) is 10.2. The van der Waals surface area contributed by atoms with Crippen molar-refractivity contribution in [3.05, 3.63) is 34.3 Å². The van der Waals surface area contributed by atoms with Crippen molar-refractivity contribution in [1.82, 2.24) is 0 Å². The predicted octanol–water partition coefficient (Wildman–Crippen LogP) is 3.45. The van der Waals surface area contributed by atoms with Gasteiger partial charge in [-0.1, -0.05) is 6.07 Å². The highest BCUT2D eigenvalue weighted by Gasteiger charge is 2.31. The van der Waals surface area contributed by atoms with Gasteiger partial charge in [0.05, 0.1) is 4.47 Å². The van der Waals surface area contributed by atoms with Crippen LogP contribution in [0, 0.1) is 0 Å². The monoisotopic (exact) mass is 310 g/mol. The summed E-state index contributed by atoms with van der Waals surface area (Å²) in [5.41, 5.74) is 0.439. The van der Waals surface area contributed by atoms with Crippen molar-refractivity contribution in [2.75, 3.05) is 0 Å². The number of carboxylic acids is 1. The molecule has 0 bridgehead atoms. The molecular formula is C10H6BrF3O3. The summed E-state index contributed by atoms with van der Waals surface area (Å²) >= 11 is 2.90. The van der Waals surface area contributed by atoms with Crippen molar-refractivity contribution in [2.24, 2.45) is 0 Å². The van der Waals surface area contributed by atoms with Gasteiger partial charge in [-0.25, -0.2) is 4.79 Å². The number of aliphatic carboxylic acids is 1. The van der Waals surface area contributed by atoms with Gasteiger partial charge in [0.1, 0.15) is 5.75 Å². The molecule has 0 unspecified atom stereocenters. The molecule has 0 aliphatic rings. The van der Waals surface area contributed by atoms with Crippen LogP contribution in [0.4, 0.5) is 13.2 Å². The van der Waals surface area contributed by atoms with E-state index in [1.807, 2.05) is 0 Å². The molecule has 0 saturated carbocycles. The van der Waals surface area contributed by atoms with Gasteiger partial charge in [-0.2, -0.15) is 0 Å². The smallest absolute Gasteiger partial charge is 0.478 e. The first kappa shape index (κ1) is 13.6. The molecule has 0 aliphatic heterocycles. The van der Waals surface area contributed by atoms with Crippen LogP contribution in [-0.2, 0) is 4.79 Å². The van der Waals surface area contributed by atoms with Gasteiger partial charge >= 0.3 is 12.3 Å². The summed E-state index contributed by atoms with van der Waals surface area (Å²) in [6.45, 7) is 0. The van der Waals surface area contributed by atoms with E-state index in [4.69, 9.17) is 5.11 Å². The van der Waals surface area contributed by atoms with Gasteiger partial charge < -0.3 is 9.84 Å². The molecule has 7 heteroatoms. The van der Waals surface area contributed by atoms with Crippen LogP contribution in [0.2, 0.25) is 0 Å². The van der Waals surface area contributed by atoms with Crippen LogP contribution < -0.4 is 4.74 Å². The maximum Gasteiger partial charge on any atom is 0.573 e. The lowest BCUT2D eigenvalue weighted by Gasteiger charge is -2.10. The topological polar surface area (TPSA) is 46.5 Å². The first-order valence-electron chi connectivity index (χ1n) is 4.24. The quantitative estimate of drug-likeness (QED) is 0.870. The van der Waals surface area contributed by atoms with Gasteiger partial charge in [-0.15, -0.1) is 13.2 Å². The molecule has 0 amide bonds. The van der Waals surface area contributed by atoms with Gasteiger partial charge in [0.2, 0.25) is 0 Å². The van der Waals surface area contributed by atoms with Crippen molar-refractivity contribution < 1.29 is 27.8 Å². The number of hydrogen-bond donors (Lipinski definition) is 1. The van der Waals surface area contributed by atoms with E-state index < -0.39 is 12.3 Å². The fourth-order valence-electron chi connectivity index (χ4n) is 0.996. The van der Waals surface area contributed by atoms with E-state index in [0.29, 0.717) is 5.56 Å². The minimum atomic E-state index is -4.76. The Labute approximate surface area is 103 Å². The Kier molecular flexibility index (Phi) is 4.17. The Morgan fingerprint density at radius 1 is 1.41 bits per heavy atom. The molecule has 1 aromatic carbocycles. The molecular weight excluding hydrogens is 305 g/mol. The second kappa shape index (κ2) is 5.22. The summed E-state index contributed by atoms with van der Waals surface area (Å²) in [6.07, 6.45) is -2.63. The number of hydrogen-bond acceptors (Lipinski definition) is 2. The number of halogens is 4. The van der Waals surface area contributed by atoms with Gasteiger partial charge in [0.25, 0.3) is 0 Å². The summed E-state index contributed by atoms with van der Waals surface area (Å²) in [6, 6.07) is 3.73. The van der Waals surface area contributed by atoms with E-state index in [1.54, 1.807) is 0 Å². The largest absolute Gasteiger partial charge is 0.573 e. The van der Waals surface area contributed by atoms with E-state index in [1.165, 1.54) is 18.2 Å². The van der Waals surface area contributed by atoms with Gasteiger partial charge in [-0.3, -0.25) is 0 Å². The molecule has 0 radical (unpaired) electrons.